The number of carboxylic acids is 1. The van der Waals surface area contributed by atoms with Crippen LogP contribution in [0.2, 0.25) is 10.0 Å². The molecule has 1 aromatic rings. The molecule has 0 aliphatic heterocycles. The standard InChI is InChI=1S/C12H15Cl2NO2/c1-7(5-12(16)17)4-11(15)9-6-8(13)2-3-10(9)14/h2-3,6-7,11H,4-5,15H2,1H3,(H,16,17). The molecule has 0 bridgehead atoms. The van der Waals surface area contributed by atoms with Crippen LogP contribution in [0.15, 0.2) is 18.2 Å². The van der Waals surface area contributed by atoms with Gasteiger partial charge in [0.2, 0.25) is 0 Å². The number of rotatable bonds is 5. The third kappa shape index (κ3) is 4.54. The number of carbonyl (C=O) groups is 1. The Hall–Kier alpha value is -0.770. The zero-order valence-corrected chi connectivity index (χ0v) is 11.0. The fourth-order valence-corrected chi connectivity index (χ4v) is 2.18. The lowest BCUT2D eigenvalue weighted by atomic mass is 9.94. The van der Waals surface area contributed by atoms with E-state index in [1.807, 2.05) is 6.92 Å². The Morgan fingerprint density at radius 2 is 2.12 bits per heavy atom. The number of benzene rings is 1. The van der Waals surface area contributed by atoms with Crippen molar-refractivity contribution in [3.8, 4) is 0 Å². The van der Waals surface area contributed by atoms with Gasteiger partial charge in [0.1, 0.15) is 0 Å². The molecule has 2 unspecified atom stereocenters. The first-order valence-electron chi connectivity index (χ1n) is 5.32. The van der Waals surface area contributed by atoms with Crippen LogP contribution in [0.5, 0.6) is 0 Å². The van der Waals surface area contributed by atoms with Gasteiger partial charge < -0.3 is 10.8 Å². The molecule has 0 aliphatic carbocycles. The quantitative estimate of drug-likeness (QED) is 0.865. The Morgan fingerprint density at radius 3 is 2.71 bits per heavy atom. The third-order valence-electron chi connectivity index (χ3n) is 2.54. The van der Waals surface area contributed by atoms with Crippen molar-refractivity contribution in [3.05, 3.63) is 33.8 Å². The first-order chi connectivity index (χ1) is 7.90. The Bertz CT molecular complexity index is 409. The molecule has 5 heteroatoms. The van der Waals surface area contributed by atoms with E-state index < -0.39 is 5.97 Å². The van der Waals surface area contributed by atoms with Crippen LogP contribution in [0.1, 0.15) is 31.4 Å². The highest BCUT2D eigenvalue weighted by atomic mass is 35.5. The molecule has 1 aromatic carbocycles. The van der Waals surface area contributed by atoms with Gasteiger partial charge in [-0.25, -0.2) is 0 Å². The molecular formula is C12H15Cl2NO2. The number of halogens is 2. The molecule has 3 nitrogen and oxygen atoms in total. The maximum Gasteiger partial charge on any atom is 0.303 e. The van der Waals surface area contributed by atoms with Crippen molar-refractivity contribution in [2.45, 2.75) is 25.8 Å². The third-order valence-corrected chi connectivity index (χ3v) is 3.12. The minimum absolute atomic E-state index is 0.00227. The molecule has 0 saturated heterocycles. The minimum atomic E-state index is -0.818. The molecule has 17 heavy (non-hydrogen) atoms. The normalized spacial score (nSPS) is 14.4. The summed E-state index contributed by atoms with van der Waals surface area (Å²) in [6.45, 7) is 1.85. The predicted molar refractivity (Wildman–Crippen MR) is 69.4 cm³/mol. The predicted octanol–water partition coefficient (Wildman–Crippen LogP) is 3.49. The Balaban J connectivity index is 2.72. The summed E-state index contributed by atoms with van der Waals surface area (Å²) in [4.78, 5) is 10.6. The van der Waals surface area contributed by atoms with E-state index in [9.17, 15) is 4.79 Å². The lowest BCUT2D eigenvalue weighted by molar-refractivity contribution is -0.138. The smallest absolute Gasteiger partial charge is 0.303 e. The summed E-state index contributed by atoms with van der Waals surface area (Å²) in [5.74, 6) is -0.820. The Morgan fingerprint density at radius 1 is 1.47 bits per heavy atom. The highest BCUT2D eigenvalue weighted by molar-refractivity contribution is 6.33. The summed E-state index contributed by atoms with van der Waals surface area (Å²) in [6.07, 6.45) is 0.665. The van der Waals surface area contributed by atoms with Crippen LogP contribution in [0.3, 0.4) is 0 Å². The van der Waals surface area contributed by atoms with Crippen LogP contribution >= 0.6 is 23.2 Å². The van der Waals surface area contributed by atoms with Crippen LogP contribution in [-0.4, -0.2) is 11.1 Å². The van der Waals surface area contributed by atoms with Gasteiger partial charge in [-0.1, -0.05) is 30.1 Å². The van der Waals surface area contributed by atoms with Crippen LogP contribution in [0.25, 0.3) is 0 Å². The molecule has 0 aliphatic rings. The van der Waals surface area contributed by atoms with Crippen LogP contribution in [0, 0.1) is 5.92 Å². The van der Waals surface area contributed by atoms with Gasteiger partial charge in [-0.05, 0) is 36.1 Å². The number of hydrogen-bond acceptors (Lipinski definition) is 2. The molecule has 0 heterocycles. The van der Waals surface area contributed by atoms with Crippen LogP contribution in [-0.2, 0) is 4.79 Å². The highest BCUT2D eigenvalue weighted by Crippen LogP contribution is 2.29. The molecule has 0 fully saturated rings. The fraction of sp³-hybridized carbons (Fsp3) is 0.417. The van der Waals surface area contributed by atoms with Crippen molar-refractivity contribution >= 4 is 29.2 Å². The maximum atomic E-state index is 10.6. The number of aliphatic carboxylic acids is 1. The lowest BCUT2D eigenvalue weighted by Crippen LogP contribution is -2.16. The van der Waals surface area contributed by atoms with Crippen molar-refractivity contribution in [2.24, 2.45) is 11.7 Å². The molecule has 0 aromatic heterocycles. The molecule has 0 radical (unpaired) electrons. The van der Waals surface area contributed by atoms with Crippen molar-refractivity contribution in [1.29, 1.82) is 0 Å². The van der Waals surface area contributed by atoms with Gasteiger partial charge in [-0.15, -0.1) is 0 Å². The summed E-state index contributed by atoms with van der Waals surface area (Å²) in [5.41, 5.74) is 6.77. The van der Waals surface area contributed by atoms with Crippen molar-refractivity contribution in [1.82, 2.24) is 0 Å². The second-order valence-corrected chi connectivity index (χ2v) is 5.05. The van der Waals surface area contributed by atoms with E-state index in [1.54, 1.807) is 18.2 Å². The van der Waals surface area contributed by atoms with E-state index in [4.69, 9.17) is 34.0 Å². The highest BCUT2D eigenvalue weighted by Gasteiger charge is 2.16. The average Bonchev–Trinajstić information content (AvgIpc) is 2.20. The van der Waals surface area contributed by atoms with E-state index in [1.165, 1.54) is 0 Å². The van der Waals surface area contributed by atoms with Gasteiger partial charge in [0.15, 0.2) is 0 Å². The molecule has 94 valence electrons. The van der Waals surface area contributed by atoms with E-state index in [2.05, 4.69) is 0 Å². The largest absolute Gasteiger partial charge is 0.481 e. The fourth-order valence-electron chi connectivity index (χ4n) is 1.74. The average molecular weight is 276 g/mol. The van der Waals surface area contributed by atoms with Gasteiger partial charge in [0.05, 0.1) is 0 Å². The van der Waals surface area contributed by atoms with E-state index in [0.29, 0.717) is 16.5 Å². The monoisotopic (exact) mass is 275 g/mol. The number of hydrogen-bond donors (Lipinski definition) is 2. The van der Waals surface area contributed by atoms with Gasteiger partial charge in [0.25, 0.3) is 0 Å². The topological polar surface area (TPSA) is 63.3 Å². The van der Waals surface area contributed by atoms with E-state index in [0.717, 1.165) is 5.56 Å². The molecule has 1 rings (SSSR count). The van der Waals surface area contributed by atoms with Crippen molar-refractivity contribution in [2.75, 3.05) is 0 Å². The van der Waals surface area contributed by atoms with E-state index >= 15 is 0 Å². The molecule has 2 atom stereocenters. The first-order valence-corrected chi connectivity index (χ1v) is 6.08. The summed E-state index contributed by atoms with van der Waals surface area (Å²) in [7, 11) is 0. The molecule has 0 saturated carbocycles. The maximum absolute atomic E-state index is 10.6. The van der Waals surface area contributed by atoms with Crippen molar-refractivity contribution < 1.29 is 9.90 Å². The molecule has 0 amide bonds. The van der Waals surface area contributed by atoms with Crippen molar-refractivity contribution in [3.63, 3.8) is 0 Å². The van der Waals surface area contributed by atoms with Gasteiger partial charge in [-0.3, -0.25) is 4.79 Å². The summed E-state index contributed by atoms with van der Waals surface area (Å²) in [5, 5.41) is 9.81. The van der Waals surface area contributed by atoms with Gasteiger partial charge in [0, 0.05) is 22.5 Å². The number of nitrogens with two attached hydrogens (primary N) is 1. The van der Waals surface area contributed by atoms with Gasteiger partial charge in [-0.2, -0.15) is 0 Å². The summed E-state index contributed by atoms with van der Waals surface area (Å²) >= 11 is 11.9. The molecule has 3 N–H and O–H groups in total. The SMILES string of the molecule is CC(CC(=O)O)CC(N)c1cc(Cl)ccc1Cl. The van der Waals surface area contributed by atoms with E-state index in [-0.39, 0.29) is 18.4 Å². The Labute approximate surface area is 111 Å². The zero-order valence-electron chi connectivity index (χ0n) is 9.49. The first kappa shape index (κ1) is 14.3. The molecule has 0 spiro atoms. The van der Waals surface area contributed by atoms with Gasteiger partial charge >= 0.3 is 5.97 Å². The second kappa shape index (κ2) is 6.24. The lowest BCUT2D eigenvalue weighted by Gasteiger charge is -2.17. The van der Waals surface area contributed by atoms with Crippen LogP contribution < -0.4 is 5.73 Å². The van der Waals surface area contributed by atoms with Crippen LogP contribution in [0.4, 0.5) is 0 Å². The summed E-state index contributed by atoms with van der Waals surface area (Å²) in [6, 6.07) is 4.82. The molecular weight excluding hydrogens is 261 g/mol. The number of carboxylic acid groups (broad SMARTS) is 1. The minimum Gasteiger partial charge on any atom is -0.481 e. The Kier molecular flexibility index (Phi) is 5.25. The summed E-state index contributed by atoms with van der Waals surface area (Å²) < 4.78 is 0. The zero-order chi connectivity index (χ0) is 13.0. The second-order valence-electron chi connectivity index (χ2n) is 4.21.